The number of rotatable bonds is 6. The third-order valence-corrected chi connectivity index (χ3v) is 4.48. The molecule has 1 saturated heterocycles. The van der Waals surface area contributed by atoms with Crippen LogP contribution in [-0.2, 0) is 4.79 Å². The normalized spacial score (nSPS) is 19.2. The number of aromatic nitrogens is 1. The predicted molar refractivity (Wildman–Crippen MR) is 96.1 cm³/mol. The van der Waals surface area contributed by atoms with E-state index in [4.69, 9.17) is 4.74 Å². The van der Waals surface area contributed by atoms with Gasteiger partial charge >= 0.3 is 5.97 Å². The van der Waals surface area contributed by atoms with Crippen LogP contribution in [0.5, 0.6) is 5.75 Å². The number of aliphatic carboxylic acids is 1. The molecule has 6 nitrogen and oxygen atoms in total. The van der Waals surface area contributed by atoms with E-state index in [9.17, 15) is 14.7 Å². The van der Waals surface area contributed by atoms with Gasteiger partial charge in [-0.1, -0.05) is 43.0 Å². The summed E-state index contributed by atoms with van der Waals surface area (Å²) in [6.45, 7) is 4.33. The monoisotopic (exact) mass is 352 g/mol. The van der Waals surface area contributed by atoms with Gasteiger partial charge in [0.15, 0.2) is 11.4 Å². The molecule has 1 aromatic carbocycles. The van der Waals surface area contributed by atoms with Gasteiger partial charge in [0, 0.05) is 25.2 Å². The molecule has 1 fully saturated rings. The van der Waals surface area contributed by atoms with Crippen molar-refractivity contribution >= 4 is 11.9 Å². The number of carboxylic acid groups (broad SMARTS) is 1. The van der Waals surface area contributed by atoms with Crippen molar-refractivity contribution in [3.63, 3.8) is 0 Å². The maximum Gasteiger partial charge on any atom is 0.308 e. The summed E-state index contributed by atoms with van der Waals surface area (Å²) in [5.74, 6) is -1.76. The maximum absolute atomic E-state index is 12.9. The van der Waals surface area contributed by atoms with Crippen molar-refractivity contribution in [2.75, 3.05) is 19.7 Å². The van der Waals surface area contributed by atoms with Crippen LogP contribution in [0.4, 0.5) is 0 Å². The second-order valence-electron chi connectivity index (χ2n) is 6.12. The minimum Gasteiger partial charge on any atom is -0.487 e. The number of carbonyl (C=O) groups is 2. The van der Waals surface area contributed by atoms with E-state index in [1.807, 2.05) is 30.3 Å². The molecule has 0 bridgehead atoms. The van der Waals surface area contributed by atoms with E-state index in [1.165, 1.54) is 6.20 Å². The summed E-state index contributed by atoms with van der Waals surface area (Å²) in [7, 11) is 0. The first-order valence-electron chi connectivity index (χ1n) is 8.37. The lowest BCUT2D eigenvalue weighted by Crippen LogP contribution is -2.31. The summed E-state index contributed by atoms with van der Waals surface area (Å²) >= 11 is 0. The summed E-state index contributed by atoms with van der Waals surface area (Å²) in [6, 6.07) is 12.8. The number of carbonyl (C=O) groups excluding carboxylic acids is 1. The van der Waals surface area contributed by atoms with Gasteiger partial charge < -0.3 is 14.7 Å². The zero-order valence-corrected chi connectivity index (χ0v) is 14.2. The fourth-order valence-electron chi connectivity index (χ4n) is 3.22. The van der Waals surface area contributed by atoms with Crippen LogP contribution in [0.3, 0.4) is 0 Å². The number of hydrogen-bond donors (Lipinski definition) is 1. The van der Waals surface area contributed by atoms with Gasteiger partial charge in [-0.25, -0.2) is 4.98 Å². The van der Waals surface area contributed by atoms with Crippen LogP contribution < -0.4 is 4.74 Å². The van der Waals surface area contributed by atoms with E-state index in [0.29, 0.717) is 12.3 Å². The Balaban J connectivity index is 1.85. The molecule has 134 valence electrons. The van der Waals surface area contributed by atoms with Gasteiger partial charge in [0.25, 0.3) is 5.91 Å². The topological polar surface area (TPSA) is 79.7 Å². The van der Waals surface area contributed by atoms with Crippen LogP contribution in [0.15, 0.2) is 61.3 Å². The highest BCUT2D eigenvalue weighted by Crippen LogP contribution is 2.34. The SMILES string of the molecule is C=CCOc1cccnc1C(=O)N1C[C@H](c2ccccc2)[C@H](C(=O)O)C1. The highest BCUT2D eigenvalue weighted by molar-refractivity contribution is 5.95. The first kappa shape index (κ1) is 17.7. The molecule has 3 rings (SSSR count). The average molecular weight is 352 g/mol. The largest absolute Gasteiger partial charge is 0.487 e. The summed E-state index contributed by atoms with van der Waals surface area (Å²) < 4.78 is 5.51. The zero-order valence-electron chi connectivity index (χ0n) is 14.2. The number of amides is 1. The smallest absolute Gasteiger partial charge is 0.308 e. The van der Waals surface area contributed by atoms with Gasteiger partial charge in [0.05, 0.1) is 5.92 Å². The Labute approximate surface area is 151 Å². The third-order valence-electron chi connectivity index (χ3n) is 4.48. The van der Waals surface area contributed by atoms with Gasteiger partial charge in [-0.05, 0) is 17.7 Å². The Kier molecular flexibility index (Phi) is 5.31. The number of ether oxygens (including phenoxy) is 1. The minimum atomic E-state index is -0.904. The number of pyridine rings is 1. The number of likely N-dealkylation sites (tertiary alicyclic amines) is 1. The first-order valence-corrected chi connectivity index (χ1v) is 8.37. The summed E-state index contributed by atoms with van der Waals surface area (Å²) in [5, 5.41) is 9.60. The number of carboxylic acids is 1. The lowest BCUT2D eigenvalue weighted by atomic mass is 9.89. The predicted octanol–water partition coefficient (Wildman–Crippen LogP) is 2.59. The summed E-state index contributed by atoms with van der Waals surface area (Å²) in [6.07, 6.45) is 3.11. The van der Waals surface area contributed by atoms with E-state index >= 15 is 0 Å². The number of nitrogens with zero attached hydrogens (tertiary/aromatic N) is 2. The van der Waals surface area contributed by atoms with Crippen LogP contribution in [0.2, 0.25) is 0 Å². The quantitative estimate of drug-likeness (QED) is 0.809. The second kappa shape index (κ2) is 7.82. The van der Waals surface area contributed by atoms with Crippen molar-refractivity contribution in [2.24, 2.45) is 5.92 Å². The van der Waals surface area contributed by atoms with Crippen LogP contribution >= 0.6 is 0 Å². The molecule has 2 heterocycles. The van der Waals surface area contributed by atoms with Gasteiger partial charge in [0.2, 0.25) is 0 Å². The van der Waals surface area contributed by atoms with Gasteiger partial charge in [-0.2, -0.15) is 0 Å². The maximum atomic E-state index is 12.9. The van der Waals surface area contributed by atoms with Crippen LogP contribution in [0.25, 0.3) is 0 Å². The standard InChI is InChI=1S/C20H20N2O4/c1-2-11-26-17-9-6-10-21-18(17)19(23)22-12-15(16(13-22)20(24)25)14-7-4-3-5-8-14/h2-10,15-16H,1,11-13H2,(H,24,25)/t15-,16-/m1/s1. The van der Waals surface area contributed by atoms with E-state index in [-0.39, 0.29) is 30.7 Å². The lowest BCUT2D eigenvalue weighted by Gasteiger charge is -2.17. The number of hydrogen-bond acceptors (Lipinski definition) is 4. The van der Waals surface area contributed by atoms with Crippen molar-refractivity contribution in [1.29, 1.82) is 0 Å². The average Bonchev–Trinajstić information content (AvgIpc) is 3.12. The molecule has 1 aliphatic heterocycles. The minimum absolute atomic E-state index is 0.144. The molecule has 2 aromatic rings. The van der Waals surface area contributed by atoms with Crippen molar-refractivity contribution < 1.29 is 19.4 Å². The highest BCUT2D eigenvalue weighted by atomic mass is 16.5. The van der Waals surface area contributed by atoms with E-state index in [2.05, 4.69) is 11.6 Å². The molecular formula is C20H20N2O4. The summed E-state index contributed by atoms with van der Waals surface area (Å²) in [5.41, 5.74) is 1.10. The van der Waals surface area contributed by atoms with Crippen LogP contribution in [0, 0.1) is 5.92 Å². The molecule has 0 unspecified atom stereocenters. The Morgan fingerprint density at radius 3 is 2.69 bits per heavy atom. The van der Waals surface area contributed by atoms with Crippen molar-refractivity contribution in [1.82, 2.24) is 9.88 Å². The Hall–Kier alpha value is -3.15. The number of benzene rings is 1. The van der Waals surface area contributed by atoms with Crippen molar-refractivity contribution in [3.8, 4) is 5.75 Å². The van der Waals surface area contributed by atoms with Crippen LogP contribution in [-0.4, -0.2) is 46.6 Å². The second-order valence-corrected chi connectivity index (χ2v) is 6.12. The van der Waals surface area contributed by atoms with Crippen LogP contribution in [0.1, 0.15) is 22.0 Å². The third kappa shape index (κ3) is 3.59. The summed E-state index contributed by atoms with van der Waals surface area (Å²) in [4.78, 5) is 30.3. The van der Waals surface area contributed by atoms with E-state index in [1.54, 1.807) is 23.1 Å². The molecule has 1 aromatic heterocycles. The van der Waals surface area contributed by atoms with Crippen molar-refractivity contribution in [2.45, 2.75) is 5.92 Å². The molecule has 0 saturated carbocycles. The molecule has 0 radical (unpaired) electrons. The Morgan fingerprint density at radius 2 is 2.00 bits per heavy atom. The molecule has 1 aliphatic rings. The lowest BCUT2D eigenvalue weighted by molar-refractivity contribution is -0.141. The molecular weight excluding hydrogens is 332 g/mol. The zero-order chi connectivity index (χ0) is 18.5. The molecule has 6 heteroatoms. The van der Waals surface area contributed by atoms with Gasteiger partial charge in [-0.3, -0.25) is 9.59 Å². The molecule has 1 N–H and O–H groups in total. The fourth-order valence-corrected chi connectivity index (χ4v) is 3.22. The molecule has 1 amide bonds. The first-order chi connectivity index (χ1) is 12.6. The fraction of sp³-hybridized carbons (Fsp3) is 0.250. The van der Waals surface area contributed by atoms with E-state index < -0.39 is 11.9 Å². The van der Waals surface area contributed by atoms with Gasteiger partial charge in [-0.15, -0.1) is 0 Å². The Morgan fingerprint density at radius 1 is 1.23 bits per heavy atom. The van der Waals surface area contributed by atoms with Crippen molar-refractivity contribution in [3.05, 3.63) is 72.6 Å². The Bertz CT molecular complexity index is 806. The molecule has 0 spiro atoms. The highest BCUT2D eigenvalue weighted by Gasteiger charge is 2.41. The van der Waals surface area contributed by atoms with E-state index in [0.717, 1.165) is 5.56 Å². The molecule has 0 aliphatic carbocycles. The molecule has 26 heavy (non-hydrogen) atoms. The molecule has 2 atom stereocenters. The van der Waals surface area contributed by atoms with Gasteiger partial charge in [0.1, 0.15) is 6.61 Å².